The molecule has 0 spiro atoms. The molecule has 0 saturated carbocycles. The average molecular weight is 291 g/mol. The molecule has 0 fully saturated rings. The molecule has 0 bridgehead atoms. The maximum atomic E-state index is 12.3. The number of carbonyl (C=O) groups is 2. The Labute approximate surface area is 126 Å². The lowest BCUT2D eigenvalue weighted by atomic mass is 10.1. The summed E-state index contributed by atoms with van der Waals surface area (Å²) in [7, 11) is 0. The normalized spacial score (nSPS) is 11.9. The number of carbonyl (C=O) groups excluding carboxylic acids is 2. The smallest absolute Gasteiger partial charge is 0.254 e. The molecule has 1 rings (SSSR count). The van der Waals surface area contributed by atoms with Crippen LogP contribution in [0.5, 0.6) is 0 Å². The van der Waals surface area contributed by atoms with E-state index in [1.54, 1.807) is 13.0 Å². The summed E-state index contributed by atoms with van der Waals surface area (Å²) < 4.78 is 0. The monoisotopic (exact) mass is 291 g/mol. The molecular weight excluding hydrogens is 266 g/mol. The van der Waals surface area contributed by atoms with Crippen molar-refractivity contribution in [2.45, 2.75) is 46.2 Å². The van der Waals surface area contributed by atoms with Crippen LogP contribution in [0.1, 0.15) is 44.5 Å². The maximum Gasteiger partial charge on any atom is 0.254 e. The van der Waals surface area contributed by atoms with E-state index in [1.165, 1.54) is 0 Å². The molecule has 0 aliphatic rings. The van der Waals surface area contributed by atoms with Gasteiger partial charge in [-0.1, -0.05) is 19.1 Å². The lowest BCUT2D eigenvalue weighted by molar-refractivity contribution is -0.123. The summed E-state index contributed by atoms with van der Waals surface area (Å²) in [5.74, 6) is -0.432. The van der Waals surface area contributed by atoms with E-state index in [0.717, 1.165) is 18.7 Å². The summed E-state index contributed by atoms with van der Waals surface area (Å²) in [4.78, 5) is 24.1. The fourth-order valence-corrected chi connectivity index (χ4v) is 1.84. The summed E-state index contributed by atoms with van der Waals surface area (Å²) in [6, 6.07) is 6.78. The zero-order valence-corrected chi connectivity index (χ0v) is 13.2. The second-order valence-corrected chi connectivity index (χ2v) is 5.33. The SMILES string of the molecule is CCCNc1ccccc1C(=O)NC(C)C(=O)NC(C)C. The zero-order chi connectivity index (χ0) is 15.8. The van der Waals surface area contributed by atoms with Gasteiger partial charge < -0.3 is 16.0 Å². The fraction of sp³-hybridized carbons (Fsp3) is 0.500. The van der Waals surface area contributed by atoms with Crippen LogP contribution in [0, 0.1) is 0 Å². The van der Waals surface area contributed by atoms with E-state index >= 15 is 0 Å². The minimum absolute atomic E-state index is 0.0513. The zero-order valence-electron chi connectivity index (χ0n) is 13.2. The third kappa shape index (κ3) is 5.45. The van der Waals surface area contributed by atoms with Gasteiger partial charge in [0.1, 0.15) is 6.04 Å². The minimum atomic E-state index is -0.570. The predicted molar refractivity (Wildman–Crippen MR) is 85.4 cm³/mol. The van der Waals surface area contributed by atoms with E-state index in [9.17, 15) is 9.59 Å². The number of amides is 2. The third-order valence-corrected chi connectivity index (χ3v) is 2.91. The van der Waals surface area contributed by atoms with Gasteiger partial charge >= 0.3 is 0 Å². The standard InChI is InChI=1S/C16H25N3O2/c1-5-10-17-14-9-7-6-8-13(14)16(21)19-12(4)15(20)18-11(2)3/h6-9,11-12,17H,5,10H2,1-4H3,(H,18,20)(H,19,21). The predicted octanol–water partition coefficient (Wildman–Crippen LogP) is 2.15. The molecule has 5 heteroatoms. The topological polar surface area (TPSA) is 70.2 Å². The van der Waals surface area contributed by atoms with Gasteiger partial charge in [-0.15, -0.1) is 0 Å². The number of hydrogen-bond acceptors (Lipinski definition) is 3. The maximum absolute atomic E-state index is 12.3. The minimum Gasteiger partial charge on any atom is -0.384 e. The number of para-hydroxylation sites is 1. The summed E-state index contributed by atoms with van der Waals surface area (Å²) >= 11 is 0. The lowest BCUT2D eigenvalue weighted by Gasteiger charge is -2.17. The Bertz CT molecular complexity index is 486. The molecule has 0 heterocycles. The first-order valence-corrected chi connectivity index (χ1v) is 7.39. The van der Waals surface area contributed by atoms with E-state index in [1.807, 2.05) is 32.0 Å². The molecule has 0 radical (unpaired) electrons. The van der Waals surface area contributed by atoms with Crippen molar-refractivity contribution in [2.24, 2.45) is 0 Å². The van der Waals surface area contributed by atoms with Crippen LogP contribution in [-0.2, 0) is 4.79 Å². The van der Waals surface area contributed by atoms with Gasteiger partial charge in [0.05, 0.1) is 5.56 Å². The second-order valence-electron chi connectivity index (χ2n) is 5.33. The van der Waals surface area contributed by atoms with Gasteiger partial charge in [0.15, 0.2) is 0 Å². The summed E-state index contributed by atoms with van der Waals surface area (Å²) in [6.45, 7) is 8.31. The molecule has 1 atom stereocenters. The Kier molecular flexibility index (Phi) is 6.72. The van der Waals surface area contributed by atoms with Gasteiger partial charge in [-0.05, 0) is 39.3 Å². The highest BCUT2D eigenvalue weighted by Gasteiger charge is 2.18. The molecule has 0 saturated heterocycles. The van der Waals surface area contributed by atoms with Gasteiger partial charge in [-0.25, -0.2) is 0 Å². The van der Waals surface area contributed by atoms with Gasteiger partial charge in [0.2, 0.25) is 5.91 Å². The molecule has 0 aliphatic heterocycles. The summed E-state index contributed by atoms with van der Waals surface area (Å²) in [5.41, 5.74) is 1.34. The van der Waals surface area contributed by atoms with Crippen LogP contribution in [0.25, 0.3) is 0 Å². The van der Waals surface area contributed by atoms with Crippen LogP contribution < -0.4 is 16.0 Å². The van der Waals surface area contributed by atoms with Crippen molar-refractivity contribution in [3.05, 3.63) is 29.8 Å². The molecule has 5 nitrogen and oxygen atoms in total. The number of benzene rings is 1. The van der Waals surface area contributed by atoms with Gasteiger partial charge in [-0.2, -0.15) is 0 Å². The van der Waals surface area contributed by atoms with E-state index in [0.29, 0.717) is 5.56 Å². The Morgan fingerprint density at radius 1 is 1.10 bits per heavy atom. The fourth-order valence-electron chi connectivity index (χ4n) is 1.84. The van der Waals surface area contributed by atoms with Gasteiger partial charge in [0, 0.05) is 18.3 Å². The van der Waals surface area contributed by atoms with E-state index in [2.05, 4.69) is 22.9 Å². The van der Waals surface area contributed by atoms with Gasteiger partial charge in [0.25, 0.3) is 5.91 Å². The van der Waals surface area contributed by atoms with Gasteiger partial charge in [-0.3, -0.25) is 9.59 Å². The molecule has 116 valence electrons. The Morgan fingerprint density at radius 2 is 1.76 bits per heavy atom. The highest BCUT2D eigenvalue weighted by Crippen LogP contribution is 2.15. The molecule has 1 aromatic rings. The van der Waals surface area contributed by atoms with Crippen LogP contribution in [0.15, 0.2) is 24.3 Å². The lowest BCUT2D eigenvalue weighted by Crippen LogP contribution is -2.46. The molecule has 2 amide bonds. The van der Waals surface area contributed by atoms with Crippen molar-refractivity contribution >= 4 is 17.5 Å². The molecule has 3 N–H and O–H groups in total. The summed E-state index contributed by atoms with van der Waals surface area (Å²) in [6.07, 6.45) is 0.975. The average Bonchev–Trinajstić information content (AvgIpc) is 2.44. The molecule has 1 unspecified atom stereocenters. The van der Waals surface area contributed by atoms with Crippen LogP contribution in [0.3, 0.4) is 0 Å². The number of hydrogen-bond donors (Lipinski definition) is 3. The van der Waals surface area contributed by atoms with E-state index in [-0.39, 0.29) is 17.9 Å². The first-order chi connectivity index (χ1) is 9.95. The van der Waals surface area contributed by atoms with Crippen molar-refractivity contribution in [3.8, 4) is 0 Å². The molecule has 0 aromatic heterocycles. The second kappa shape index (κ2) is 8.29. The van der Waals surface area contributed by atoms with Crippen LogP contribution in [0.4, 0.5) is 5.69 Å². The van der Waals surface area contributed by atoms with Crippen molar-refractivity contribution < 1.29 is 9.59 Å². The van der Waals surface area contributed by atoms with Crippen molar-refractivity contribution in [1.29, 1.82) is 0 Å². The third-order valence-electron chi connectivity index (χ3n) is 2.91. The van der Waals surface area contributed by atoms with Crippen LogP contribution in [-0.4, -0.2) is 30.4 Å². The molecular formula is C16H25N3O2. The largest absolute Gasteiger partial charge is 0.384 e. The highest BCUT2D eigenvalue weighted by atomic mass is 16.2. The Hall–Kier alpha value is -2.04. The Balaban J connectivity index is 2.73. The first-order valence-electron chi connectivity index (χ1n) is 7.39. The quantitative estimate of drug-likeness (QED) is 0.721. The van der Waals surface area contributed by atoms with Crippen molar-refractivity contribution in [3.63, 3.8) is 0 Å². The van der Waals surface area contributed by atoms with Crippen molar-refractivity contribution in [1.82, 2.24) is 10.6 Å². The number of anilines is 1. The first kappa shape index (κ1) is 17.0. The number of rotatable bonds is 7. The highest BCUT2D eigenvalue weighted by molar-refractivity contribution is 6.01. The molecule has 1 aromatic carbocycles. The Morgan fingerprint density at radius 3 is 2.38 bits per heavy atom. The molecule has 21 heavy (non-hydrogen) atoms. The van der Waals surface area contributed by atoms with E-state index < -0.39 is 6.04 Å². The van der Waals surface area contributed by atoms with Crippen molar-refractivity contribution in [2.75, 3.05) is 11.9 Å². The van der Waals surface area contributed by atoms with Crippen LogP contribution in [0.2, 0.25) is 0 Å². The number of nitrogens with one attached hydrogen (secondary N) is 3. The van der Waals surface area contributed by atoms with E-state index in [4.69, 9.17) is 0 Å². The summed E-state index contributed by atoms with van der Waals surface area (Å²) in [5, 5.41) is 8.72. The molecule has 0 aliphatic carbocycles. The van der Waals surface area contributed by atoms with Crippen LogP contribution >= 0.6 is 0 Å².